The van der Waals surface area contributed by atoms with Gasteiger partial charge in [0.25, 0.3) is 5.91 Å². The lowest BCUT2D eigenvalue weighted by Gasteiger charge is -2.43. The molecule has 0 aromatic heterocycles. The van der Waals surface area contributed by atoms with Crippen LogP contribution in [0.25, 0.3) is 0 Å². The minimum Gasteiger partial charge on any atom is -0.493 e. The molecule has 2 aromatic rings. The van der Waals surface area contributed by atoms with Gasteiger partial charge >= 0.3 is 12.2 Å². The summed E-state index contributed by atoms with van der Waals surface area (Å²) in [6, 6.07) is 14.3. The van der Waals surface area contributed by atoms with Gasteiger partial charge in [0.05, 0.1) is 26.4 Å². The lowest BCUT2D eigenvalue weighted by Crippen LogP contribution is -2.56. The van der Waals surface area contributed by atoms with Gasteiger partial charge in [0.15, 0.2) is 11.5 Å². The quantitative estimate of drug-likeness (QED) is 0.278. The van der Waals surface area contributed by atoms with Crippen molar-refractivity contribution in [2.24, 2.45) is 5.92 Å². The van der Waals surface area contributed by atoms with Gasteiger partial charge in [-0.1, -0.05) is 30.3 Å². The Morgan fingerprint density at radius 2 is 1.77 bits per heavy atom. The number of ether oxygens (including phenoxy) is 4. The molecule has 0 radical (unpaired) electrons. The third kappa shape index (κ3) is 9.77. The first-order valence-corrected chi connectivity index (χ1v) is 15.2. The van der Waals surface area contributed by atoms with Crippen LogP contribution in [0, 0.1) is 5.92 Å². The summed E-state index contributed by atoms with van der Waals surface area (Å²) in [4.78, 5) is 43.7. The summed E-state index contributed by atoms with van der Waals surface area (Å²) in [5.74, 6) is 0.449. The Hall–Kier alpha value is -3.99. The summed E-state index contributed by atoms with van der Waals surface area (Å²) in [6.45, 7) is 8.11. The van der Waals surface area contributed by atoms with Crippen LogP contribution < -0.4 is 9.47 Å². The lowest BCUT2D eigenvalue weighted by molar-refractivity contribution is 0.0195. The van der Waals surface area contributed by atoms with Crippen molar-refractivity contribution in [2.75, 3.05) is 60.2 Å². The van der Waals surface area contributed by atoms with Crippen molar-refractivity contribution in [3.05, 3.63) is 59.7 Å². The van der Waals surface area contributed by atoms with Crippen molar-refractivity contribution in [1.29, 1.82) is 0 Å². The molecular weight excluding hydrogens is 566 g/mol. The molecule has 1 N–H and O–H groups in total. The Bertz CT molecular complexity index is 1210. The fraction of sp³-hybridized carbons (Fsp3) is 0.545. The molecular formula is C33H47N3O8. The number of amides is 3. The summed E-state index contributed by atoms with van der Waals surface area (Å²) in [6.07, 6.45) is 0.377. The monoisotopic (exact) mass is 613 g/mol. The van der Waals surface area contributed by atoms with Gasteiger partial charge < -0.3 is 38.8 Å². The summed E-state index contributed by atoms with van der Waals surface area (Å²) in [5.41, 5.74) is 1.54. The van der Waals surface area contributed by atoms with Crippen molar-refractivity contribution in [1.82, 2.24) is 14.7 Å². The average molecular weight is 614 g/mol. The molecule has 0 saturated carbocycles. The third-order valence-electron chi connectivity index (χ3n) is 7.73. The third-order valence-corrected chi connectivity index (χ3v) is 7.73. The van der Waals surface area contributed by atoms with Gasteiger partial charge in [0.1, 0.15) is 0 Å². The molecule has 1 heterocycles. The highest BCUT2D eigenvalue weighted by Crippen LogP contribution is 2.31. The molecule has 11 nitrogen and oxygen atoms in total. The highest BCUT2D eigenvalue weighted by Gasteiger charge is 2.37. The second-order valence-corrected chi connectivity index (χ2v) is 11.2. The van der Waals surface area contributed by atoms with Crippen molar-refractivity contribution in [3.63, 3.8) is 0 Å². The number of benzene rings is 2. The smallest absolute Gasteiger partial charge is 0.409 e. The topological polar surface area (TPSA) is 118 Å². The van der Waals surface area contributed by atoms with E-state index in [-0.39, 0.29) is 37.6 Å². The second-order valence-electron chi connectivity index (χ2n) is 11.2. The summed E-state index contributed by atoms with van der Waals surface area (Å²) in [5, 5.41) is 9.91. The van der Waals surface area contributed by atoms with Crippen LogP contribution in [0.2, 0.25) is 0 Å². The number of carboxylic acid groups (broad SMARTS) is 1. The van der Waals surface area contributed by atoms with E-state index in [0.29, 0.717) is 62.6 Å². The molecule has 0 spiro atoms. The number of rotatable bonds is 15. The van der Waals surface area contributed by atoms with Crippen molar-refractivity contribution in [2.45, 2.75) is 52.1 Å². The minimum atomic E-state index is -1.07. The van der Waals surface area contributed by atoms with Crippen LogP contribution in [0.3, 0.4) is 0 Å². The van der Waals surface area contributed by atoms with Crippen LogP contribution in [0.5, 0.6) is 11.5 Å². The van der Waals surface area contributed by atoms with Crippen LogP contribution in [0.4, 0.5) is 9.59 Å². The molecule has 1 saturated heterocycles. The molecule has 1 aliphatic rings. The zero-order valence-corrected chi connectivity index (χ0v) is 26.6. The van der Waals surface area contributed by atoms with Crippen LogP contribution in [-0.4, -0.2) is 110 Å². The normalized spacial score (nSPS) is 16.4. The van der Waals surface area contributed by atoms with Gasteiger partial charge in [0, 0.05) is 63.8 Å². The largest absolute Gasteiger partial charge is 0.493 e. The summed E-state index contributed by atoms with van der Waals surface area (Å²) in [7, 11) is 3.16. The number of carbonyl (C=O) groups excluding carboxylic acids is 2. The molecule has 0 bridgehead atoms. The van der Waals surface area contributed by atoms with E-state index in [9.17, 15) is 19.5 Å². The van der Waals surface area contributed by atoms with Gasteiger partial charge in [-0.3, -0.25) is 4.79 Å². The predicted octanol–water partition coefficient (Wildman–Crippen LogP) is 5.03. The van der Waals surface area contributed by atoms with Crippen molar-refractivity contribution in [3.8, 4) is 11.5 Å². The fourth-order valence-corrected chi connectivity index (χ4v) is 5.50. The Morgan fingerprint density at radius 1 is 1.02 bits per heavy atom. The summed E-state index contributed by atoms with van der Waals surface area (Å²) < 4.78 is 22.1. The maximum absolute atomic E-state index is 13.9. The number of carbonyl (C=O) groups is 3. The van der Waals surface area contributed by atoms with E-state index in [1.807, 2.05) is 51.1 Å². The fourth-order valence-electron chi connectivity index (χ4n) is 5.50. The van der Waals surface area contributed by atoms with Crippen LogP contribution in [0.15, 0.2) is 48.5 Å². The van der Waals surface area contributed by atoms with Crippen molar-refractivity contribution >= 4 is 18.1 Å². The van der Waals surface area contributed by atoms with E-state index in [4.69, 9.17) is 18.9 Å². The number of hydrogen-bond acceptors (Lipinski definition) is 7. The minimum absolute atomic E-state index is 0.0586. The van der Waals surface area contributed by atoms with E-state index in [1.165, 1.54) is 12.0 Å². The highest BCUT2D eigenvalue weighted by molar-refractivity contribution is 5.95. The van der Waals surface area contributed by atoms with E-state index in [1.54, 1.807) is 35.1 Å². The van der Waals surface area contributed by atoms with Gasteiger partial charge in [-0.2, -0.15) is 0 Å². The Kier molecular flexibility index (Phi) is 13.6. The zero-order valence-electron chi connectivity index (χ0n) is 26.6. The molecule has 242 valence electrons. The molecule has 0 aliphatic carbocycles. The van der Waals surface area contributed by atoms with E-state index in [0.717, 1.165) is 5.56 Å². The Labute approximate surface area is 260 Å². The molecule has 3 amide bonds. The Balaban J connectivity index is 1.71. The van der Waals surface area contributed by atoms with Gasteiger partial charge in [-0.05, 0) is 57.4 Å². The standard InChI is InChI=1S/C33H47N3O8/c1-6-34(16-15-25-11-8-7-9-12-25)33(40)44-23-26-19-28(22-35(21-26)32(38)39)36(24(2)3)31(37)27-13-14-29(42-5)30(20-27)43-18-10-17-41-4/h7-9,11-14,20,24,26,28H,6,10,15-19,21-23H2,1-5H3,(H,38,39)/t26-,28+/m0/s1. The number of hydrogen-bond donors (Lipinski definition) is 1. The number of piperidine rings is 1. The van der Waals surface area contributed by atoms with Gasteiger partial charge in [0.2, 0.25) is 0 Å². The predicted molar refractivity (Wildman–Crippen MR) is 167 cm³/mol. The van der Waals surface area contributed by atoms with Gasteiger partial charge in [-0.15, -0.1) is 0 Å². The maximum Gasteiger partial charge on any atom is 0.409 e. The lowest BCUT2D eigenvalue weighted by atomic mass is 9.92. The van der Waals surface area contributed by atoms with Crippen LogP contribution in [-0.2, 0) is 15.9 Å². The molecule has 0 unspecified atom stereocenters. The van der Waals surface area contributed by atoms with E-state index in [2.05, 4.69) is 0 Å². The molecule has 1 aliphatic heterocycles. The molecule has 2 atom stereocenters. The second kappa shape index (κ2) is 17.3. The first-order chi connectivity index (χ1) is 21.2. The first-order valence-electron chi connectivity index (χ1n) is 15.2. The average Bonchev–Trinajstić information content (AvgIpc) is 3.02. The van der Waals surface area contributed by atoms with Gasteiger partial charge in [-0.25, -0.2) is 9.59 Å². The van der Waals surface area contributed by atoms with E-state index < -0.39 is 18.2 Å². The molecule has 11 heteroatoms. The summed E-state index contributed by atoms with van der Waals surface area (Å²) >= 11 is 0. The maximum atomic E-state index is 13.9. The van der Waals surface area contributed by atoms with Crippen LogP contribution >= 0.6 is 0 Å². The number of likely N-dealkylation sites (tertiary alicyclic amines) is 1. The van der Waals surface area contributed by atoms with Crippen molar-refractivity contribution < 1.29 is 38.4 Å². The van der Waals surface area contributed by atoms with Crippen LogP contribution in [0.1, 0.15) is 49.5 Å². The Morgan fingerprint density at radius 3 is 2.41 bits per heavy atom. The highest BCUT2D eigenvalue weighted by atomic mass is 16.6. The number of likely N-dealkylation sites (N-methyl/N-ethyl adjacent to an activating group) is 1. The molecule has 3 rings (SSSR count). The zero-order chi connectivity index (χ0) is 32.1. The first kappa shape index (κ1) is 34.5. The molecule has 2 aromatic carbocycles. The SMILES string of the molecule is CCN(CCc1ccccc1)C(=O)OC[C@H]1C[C@@H](N(C(=O)c2ccc(OC)c(OCCCOC)c2)C(C)C)CN(C(=O)O)C1. The number of nitrogens with zero attached hydrogens (tertiary/aromatic N) is 3. The number of methoxy groups -OCH3 is 2. The molecule has 44 heavy (non-hydrogen) atoms. The van der Waals surface area contributed by atoms with E-state index >= 15 is 0 Å². The molecule has 1 fully saturated rings.